The number of aliphatic hydroxyl groups excluding tert-OH is 2. The second-order valence-electron chi connectivity index (χ2n) is 3.89. The third-order valence-corrected chi connectivity index (χ3v) is 1.95. The van der Waals surface area contributed by atoms with Gasteiger partial charge in [-0.15, -0.1) is 0 Å². The van der Waals surface area contributed by atoms with E-state index in [1.165, 1.54) is 10.0 Å². The van der Waals surface area contributed by atoms with Crippen molar-refractivity contribution in [1.82, 2.24) is 10.0 Å². The second kappa shape index (κ2) is 9.16. The third-order valence-electron chi connectivity index (χ3n) is 1.95. The van der Waals surface area contributed by atoms with Crippen molar-refractivity contribution in [2.24, 2.45) is 10.4 Å². The van der Waals surface area contributed by atoms with Gasteiger partial charge in [0, 0.05) is 14.1 Å². The second-order valence-corrected chi connectivity index (χ2v) is 3.89. The SMILES string of the molecule is CN(CC(O)CC#N)/N=N/N(C)CC(O)CC#N. The van der Waals surface area contributed by atoms with Crippen molar-refractivity contribution in [2.45, 2.75) is 25.0 Å². The van der Waals surface area contributed by atoms with Crippen LogP contribution in [0.25, 0.3) is 0 Å². The zero-order valence-corrected chi connectivity index (χ0v) is 10.6. The van der Waals surface area contributed by atoms with E-state index in [1.807, 2.05) is 12.1 Å². The number of rotatable bonds is 8. The molecular weight excluding hydrogens is 236 g/mol. The fraction of sp³-hybridized carbons (Fsp3) is 0.800. The number of likely N-dealkylation sites (N-methyl/N-ethyl adjacent to an activating group) is 2. The van der Waals surface area contributed by atoms with Gasteiger partial charge in [0.15, 0.2) is 0 Å². The normalized spacial score (nSPS) is 13.7. The molecule has 0 fully saturated rings. The lowest BCUT2D eigenvalue weighted by molar-refractivity contribution is 0.104. The van der Waals surface area contributed by atoms with Crippen LogP contribution in [0.1, 0.15) is 12.8 Å². The Kier molecular flexibility index (Phi) is 8.20. The van der Waals surface area contributed by atoms with Crippen molar-refractivity contribution >= 4 is 0 Å². The van der Waals surface area contributed by atoms with Crippen LogP contribution < -0.4 is 0 Å². The van der Waals surface area contributed by atoms with Gasteiger partial charge in [0.2, 0.25) is 0 Å². The predicted octanol–water partition coefficient (Wildman–Crippen LogP) is -0.319. The highest BCUT2D eigenvalue weighted by Crippen LogP contribution is 1.98. The highest BCUT2D eigenvalue weighted by Gasteiger charge is 2.08. The summed E-state index contributed by atoms with van der Waals surface area (Å²) in [5.74, 6) is 0. The van der Waals surface area contributed by atoms with Crippen LogP contribution in [-0.2, 0) is 0 Å². The van der Waals surface area contributed by atoms with Gasteiger partial charge in [-0.25, -0.2) is 0 Å². The summed E-state index contributed by atoms with van der Waals surface area (Å²) in [7, 11) is 3.23. The van der Waals surface area contributed by atoms with Crippen molar-refractivity contribution in [3.63, 3.8) is 0 Å². The summed E-state index contributed by atoms with van der Waals surface area (Å²) in [4.78, 5) is 0. The topological polar surface area (TPSA) is 119 Å². The summed E-state index contributed by atoms with van der Waals surface area (Å²) in [5, 5.41) is 45.8. The Morgan fingerprint density at radius 3 is 1.56 bits per heavy atom. The van der Waals surface area contributed by atoms with E-state index in [-0.39, 0.29) is 25.9 Å². The first-order valence-corrected chi connectivity index (χ1v) is 5.43. The maximum absolute atomic E-state index is 9.34. The van der Waals surface area contributed by atoms with Gasteiger partial charge in [-0.3, -0.25) is 10.0 Å². The molecule has 0 heterocycles. The molecule has 0 spiro atoms. The first-order chi connectivity index (χ1) is 8.49. The molecule has 2 atom stereocenters. The molecule has 0 saturated heterocycles. The van der Waals surface area contributed by atoms with Gasteiger partial charge in [-0.2, -0.15) is 10.5 Å². The first-order valence-electron chi connectivity index (χ1n) is 5.43. The standard InChI is InChI=1S/C10H18N6O2/c1-15(7-9(17)3-5-11)13-14-16(2)8-10(18)4-6-12/h9-10,17-18H,3-4,7-8H2,1-2H3/b14-13+. The van der Waals surface area contributed by atoms with Crippen molar-refractivity contribution in [2.75, 3.05) is 27.2 Å². The molecule has 18 heavy (non-hydrogen) atoms. The number of aliphatic hydroxyl groups is 2. The lowest BCUT2D eigenvalue weighted by Crippen LogP contribution is -2.27. The molecule has 0 radical (unpaired) electrons. The Labute approximate surface area is 106 Å². The van der Waals surface area contributed by atoms with Gasteiger partial charge in [-0.1, -0.05) is 10.4 Å². The van der Waals surface area contributed by atoms with Crippen LogP contribution in [0.3, 0.4) is 0 Å². The molecule has 100 valence electrons. The first kappa shape index (κ1) is 16.1. The summed E-state index contributed by atoms with van der Waals surface area (Å²) in [6.45, 7) is 0.400. The van der Waals surface area contributed by atoms with E-state index in [0.717, 1.165) is 0 Å². The Balaban J connectivity index is 3.99. The zero-order chi connectivity index (χ0) is 14.0. The minimum Gasteiger partial charge on any atom is -0.390 e. The van der Waals surface area contributed by atoms with Gasteiger partial charge >= 0.3 is 0 Å². The Morgan fingerprint density at radius 1 is 0.944 bits per heavy atom. The minimum atomic E-state index is -0.770. The summed E-state index contributed by atoms with van der Waals surface area (Å²) in [6, 6.07) is 3.71. The van der Waals surface area contributed by atoms with Gasteiger partial charge in [0.25, 0.3) is 0 Å². The lowest BCUT2D eigenvalue weighted by Gasteiger charge is -2.17. The van der Waals surface area contributed by atoms with Crippen LogP contribution in [0.2, 0.25) is 0 Å². The average Bonchev–Trinajstić information content (AvgIpc) is 2.27. The van der Waals surface area contributed by atoms with Gasteiger partial charge in [0.05, 0.1) is 50.3 Å². The monoisotopic (exact) mass is 254 g/mol. The van der Waals surface area contributed by atoms with E-state index >= 15 is 0 Å². The molecule has 8 heteroatoms. The molecule has 0 aliphatic rings. The lowest BCUT2D eigenvalue weighted by atomic mass is 10.3. The highest BCUT2D eigenvalue weighted by molar-refractivity contribution is 4.76. The van der Waals surface area contributed by atoms with Crippen LogP contribution in [0, 0.1) is 22.7 Å². The number of nitriles is 2. The Morgan fingerprint density at radius 2 is 1.28 bits per heavy atom. The van der Waals surface area contributed by atoms with E-state index in [9.17, 15) is 10.2 Å². The predicted molar refractivity (Wildman–Crippen MR) is 62.6 cm³/mol. The van der Waals surface area contributed by atoms with Crippen LogP contribution in [0.15, 0.2) is 10.4 Å². The van der Waals surface area contributed by atoms with Gasteiger partial charge in [-0.05, 0) is 0 Å². The smallest absolute Gasteiger partial charge is 0.0862 e. The Hall–Kier alpha value is -1.90. The molecule has 8 nitrogen and oxygen atoms in total. The maximum atomic E-state index is 9.34. The zero-order valence-electron chi connectivity index (χ0n) is 10.6. The van der Waals surface area contributed by atoms with E-state index in [2.05, 4.69) is 10.4 Å². The molecule has 0 bridgehead atoms. The third kappa shape index (κ3) is 8.28. The van der Waals surface area contributed by atoms with Gasteiger partial charge in [0.1, 0.15) is 0 Å². The maximum Gasteiger partial charge on any atom is 0.0862 e. The fourth-order valence-electron chi connectivity index (χ4n) is 1.16. The van der Waals surface area contributed by atoms with Crippen LogP contribution in [0.5, 0.6) is 0 Å². The quantitative estimate of drug-likeness (QED) is 0.452. The van der Waals surface area contributed by atoms with E-state index in [4.69, 9.17) is 10.5 Å². The van der Waals surface area contributed by atoms with E-state index in [0.29, 0.717) is 0 Å². The molecule has 2 unspecified atom stereocenters. The minimum absolute atomic E-state index is 0.0383. The fourth-order valence-corrected chi connectivity index (χ4v) is 1.16. The van der Waals surface area contributed by atoms with Gasteiger partial charge < -0.3 is 10.2 Å². The average molecular weight is 254 g/mol. The number of nitrogens with zero attached hydrogens (tertiary/aromatic N) is 6. The van der Waals surface area contributed by atoms with Crippen LogP contribution >= 0.6 is 0 Å². The summed E-state index contributed by atoms with van der Waals surface area (Å²) in [5.41, 5.74) is 0. The Bertz CT molecular complexity index is 302. The van der Waals surface area contributed by atoms with Crippen molar-refractivity contribution < 1.29 is 10.2 Å². The molecule has 0 amide bonds. The molecule has 0 rings (SSSR count). The molecule has 0 aromatic heterocycles. The number of hydrogen-bond donors (Lipinski definition) is 2. The molecule has 2 N–H and O–H groups in total. The molecular formula is C10H18N6O2. The highest BCUT2D eigenvalue weighted by atomic mass is 16.3. The molecule has 0 aliphatic carbocycles. The number of hydrogen-bond acceptors (Lipinski definition) is 6. The molecule has 0 saturated carbocycles. The molecule has 0 aromatic carbocycles. The van der Waals surface area contributed by atoms with Crippen molar-refractivity contribution in [3.8, 4) is 12.1 Å². The summed E-state index contributed by atoms with van der Waals surface area (Å²) >= 11 is 0. The van der Waals surface area contributed by atoms with Crippen LogP contribution in [0.4, 0.5) is 0 Å². The molecule has 0 aliphatic heterocycles. The van der Waals surface area contributed by atoms with E-state index < -0.39 is 12.2 Å². The van der Waals surface area contributed by atoms with Crippen molar-refractivity contribution in [1.29, 1.82) is 10.5 Å². The van der Waals surface area contributed by atoms with Crippen molar-refractivity contribution in [3.05, 3.63) is 0 Å². The van der Waals surface area contributed by atoms with E-state index in [1.54, 1.807) is 14.1 Å². The van der Waals surface area contributed by atoms with Crippen LogP contribution in [-0.4, -0.2) is 59.6 Å². The largest absolute Gasteiger partial charge is 0.390 e. The summed E-state index contributed by atoms with van der Waals surface area (Å²) in [6.07, 6.45) is -1.46. The summed E-state index contributed by atoms with van der Waals surface area (Å²) < 4.78 is 0. The molecule has 0 aromatic rings.